The molecule has 0 amide bonds. The minimum absolute atomic E-state index is 0.00761. The van der Waals surface area contributed by atoms with Crippen molar-refractivity contribution in [1.29, 1.82) is 0 Å². The van der Waals surface area contributed by atoms with E-state index in [-0.39, 0.29) is 6.04 Å². The zero-order valence-electron chi connectivity index (χ0n) is 10.5. The quantitative estimate of drug-likeness (QED) is 0.809. The molecule has 0 spiro atoms. The molecule has 2 rings (SSSR count). The monoisotopic (exact) mass is 269 g/mol. The topological polar surface area (TPSA) is 61.4 Å². The van der Waals surface area contributed by atoms with E-state index >= 15 is 0 Å². The van der Waals surface area contributed by atoms with Gasteiger partial charge in [0.1, 0.15) is 0 Å². The van der Waals surface area contributed by atoms with Crippen LogP contribution in [0, 0.1) is 0 Å². The number of rotatable bonds is 5. The van der Waals surface area contributed by atoms with Gasteiger partial charge in [0, 0.05) is 26.2 Å². The standard InChI is InChI=1S/C12H19N3O2S/c1-15(10-11-5-3-2-4-6-11)18(16,17)14-12-7-8-13-9-12/h2-6,12-14H,7-10H2,1H3/t12-/m0/s1. The Labute approximate surface area is 108 Å². The van der Waals surface area contributed by atoms with Crippen molar-refractivity contribution < 1.29 is 8.42 Å². The summed E-state index contributed by atoms with van der Waals surface area (Å²) >= 11 is 0. The predicted octanol–water partition coefficient (Wildman–Crippen LogP) is 0.315. The highest BCUT2D eigenvalue weighted by Crippen LogP contribution is 2.07. The third-order valence-electron chi connectivity index (χ3n) is 3.03. The summed E-state index contributed by atoms with van der Waals surface area (Å²) in [5.41, 5.74) is 0.981. The molecule has 0 aromatic heterocycles. The lowest BCUT2D eigenvalue weighted by Gasteiger charge is -2.20. The fraction of sp³-hybridized carbons (Fsp3) is 0.500. The lowest BCUT2D eigenvalue weighted by atomic mass is 10.2. The highest BCUT2D eigenvalue weighted by atomic mass is 32.2. The SMILES string of the molecule is CN(Cc1ccccc1)S(=O)(=O)N[C@H]1CCNC1. The Morgan fingerprint density at radius 3 is 2.72 bits per heavy atom. The molecule has 1 aliphatic rings. The van der Waals surface area contributed by atoms with Crippen molar-refractivity contribution in [2.45, 2.75) is 19.0 Å². The molecule has 1 heterocycles. The summed E-state index contributed by atoms with van der Waals surface area (Å²) in [6.45, 7) is 1.96. The molecule has 0 bridgehead atoms. The van der Waals surface area contributed by atoms with Gasteiger partial charge in [-0.3, -0.25) is 0 Å². The summed E-state index contributed by atoms with van der Waals surface area (Å²) in [6, 6.07) is 9.58. The van der Waals surface area contributed by atoms with Crippen molar-refractivity contribution in [2.24, 2.45) is 0 Å². The first-order valence-corrected chi connectivity index (χ1v) is 7.50. The van der Waals surface area contributed by atoms with Gasteiger partial charge in [0.15, 0.2) is 0 Å². The van der Waals surface area contributed by atoms with Crippen LogP contribution in [0.15, 0.2) is 30.3 Å². The number of benzene rings is 1. The Hall–Kier alpha value is -0.950. The molecule has 0 saturated carbocycles. The third kappa shape index (κ3) is 3.52. The van der Waals surface area contributed by atoms with Crippen LogP contribution < -0.4 is 10.0 Å². The molecule has 1 fully saturated rings. The Kier molecular flexibility index (Phi) is 4.34. The van der Waals surface area contributed by atoms with E-state index in [1.807, 2.05) is 30.3 Å². The van der Waals surface area contributed by atoms with Gasteiger partial charge in [-0.05, 0) is 18.5 Å². The van der Waals surface area contributed by atoms with Crippen LogP contribution in [0.1, 0.15) is 12.0 Å². The fourth-order valence-corrected chi connectivity index (χ4v) is 3.10. The second-order valence-corrected chi connectivity index (χ2v) is 6.36. The first-order valence-electron chi connectivity index (χ1n) is 6.06. The molecule has 2 N–H and O–H groups in total. The van der Waals surface area contributed by atoms with Gasteiger partial charge in [0.25, 0.3) is 10.2 Å². The van der Waals surface area contributed by atoms with E-state index in [4.69, 9.17) is 0 Å². The zero-order valence-corrected chi connectivity index (χ0v) is 11.3. The van der Waals surface area contributed by atoms with Gasteiger partial charge in [0.2, 0.25) is 0 Å². The average Bonchev–Trinajstić information content (AvgIpc) is 2.82. The van der Waals surface area contributed by atoms with Crippen molar-refractivity contribution in [2.75, 3.05) is 20.1 Å². The maximum absolute atomic E-state index is 12.1. The van der Waals surface area contributed by atoms with E-state index < -0.39 is 10.2 Å². The highest BCUT2D eigenvalue weighted by Gasteiger charge is 2.24. The Morgan fingerprint density at radius 1 is 1.39 bits per heavy atom. The van der Waals surface area contributed by atoms with Crippen LogP contribution in [-0.4, -0.2) is 38.9 Å². The van der Waals surface area contributed by atoms with Crippen molar-refractivity contribution in [3.63, 3.8) is 0 Å². The van der Waals surface area contributed by atoms with E-state index in [1.54, 1.807) is 7.05 Å². The smallest absolute Gasteiger partial charge is 0.279 e. The summed E-state index contributed by atoms with van der Waals surface area (Å²) in [4.78, 5) is 0. The van der Waals surface area contributed by atoms with E-state index in [9.17, 15) is 8.42 Å². The van der Waals surface area contributed by atoms with E-state index in [2.05, 4.69) is 10.0 Å². The van der Waals surface area contributed by atoms with Gasteiger partial charge >= 0.3 is 0 Å². The fourth-order valence-electron chi connectivity index (χ4n) is 1.98. The second-order valence-electron chi connectivity index (χ2n) is 4.55. The molecule has 0 radical (unpaired) electrons. The van der Waals surface area contributed by atoms with Crippen molar-refractivity contribution >= 4 is 10.2 Å². The highest BCUT2D eigenvalue weighted by molar-refractivity contribution is 7.87. The molecule has 1 aliphatic heterocycles. The van der Waals surface area contributed by atoms with Gasteiger partial charge in [-0.15, -0.1) is 0 Å². The van der Waals surface area contributed by atoms with Crippen LogP contribution >= 0.6 is 0 Å². The molecule has 1 aromatic carbocycles. The zero-order chi connectivity index (χ0) is 13.0. The van der Waals surface area contributed by atoms with E-state index in [1.165, 1.54) is 4.31 Å². The first kappa shape index (κ1) is 13.5. The van der Waals surface area contributed by atoms with Crippen LogP contribution in [0.5, 0.6) is 0 Å². The van der Waals surface area contributed by atoms with Crippen LogP contribution in [0.3, 0.4) is 0 Å². The molecule has 100 valence electrons. The number of hydrogen-bond donors (Lipinski definition) is 2. The van der Waals surface area contributed by atoms with Gasteiger partial charge in [-0.25, -0.2) is 0 Å². The normalized spacial score (nSPS) is 20.4. The van der Waals surface area contributed by atoms with Crippen LogP contribution in [-0.2, 0) is 16.8 Å². The molecular weight excluding hydrogens is 250 g/mol. The van der Waals surface area contributed by atoms with Gasteiger partial charge < -0.3 is 5.32 Å². The molecular formula is C12H19N3O2S. The Bertz CT molecular complexity index is 469. The lowest BCUT2D eigenvalue weighted by Crippen LogP contribution is -2.44. The predicted molar refractivity (Wildman–Crippen MR) is 71.2 cm³/mol. The van der Waals surface area contributed by atoms with Crippen molar-refractivity contribution in [3.8, 4) is 0 Å². The van der Waals surface area contributed by atoms with Crippen molar-refractivity contribution in [3.05, 3.63) is 35.9 Å². The molecule has 0 aliphatic carbocycles. The summed E-state index contributed by atoms with van der Waals surface area (Å²) < 4.78 is 28.2. The maximum Gasteiger partial charge on any atom is 0.279 e. The lowest BCUT2D eigenvalue weighted by molar-refractivity contribution is 0.446. The molecule has 1 atom stereocenters. The number of nitrogens with one attached hydrogen (secondary N) is 2. The average molecular weight is 269 g/mol. The Morgan fingerprint density at radius 2 is 2.11 bits per heavy atom. The molecule has 1 saturated heterocycles. The van der Waals surface area contributed by atoms with Crippen LogP contribution in [0.25, 0.3) is 0 Å². The minimum atomic E-state index is -3.40. The molecule has 0 unspecified atom stereocenters. The van der Waals surface area contributed by atoms with Gasteiger partial charge in [-0.2, -0.15) is 17.4 Å². The van der Waals surface area contributed by atoms with Gasteiger partial charge in [-0.1, -0.05) is 30.3 Å². The van der Waals surface area contributed by atoms with Crippen LogP contribution in [0.2, 0.25) is 0 Å². The van der Waals surface area contributed by atoms with E-state index in [0.717, 1.165) is 18.5 Å². The van der Waals surface area contributed by atoms with Crippen LogP contribution in [0.4, 0.5) is 0 Å². The molecule has 6 heteroatoms. The number of hydrogen-bond acceptors (Lipinski definition) is 3. The summed E-state index contributed by atoms with van der Waals surface area (Å²) in [6.07, 6.45) is 0.846. The van der Waals surface area contributed by atoms with Gasteiger partial charge in [0.05, 0.1) is 0 Å². The molecule has 1 aromatic rings. The van der Waals surface area contributed by atoms with Crippen molar-refractivity contribution in [1.82, 2.24) is 14.3 Å². The minimum Gasteiger partial charge on any atom is -0.315 e. The number of nitrogens with zero attached hydrogens (tertiary/aromatic N) is 1. The summed E-state index contributed by atoms with van der Waals surface area (Å²) in [7, 11) is -1.80. The second kappa shape index (κ2) is 5.79. The maximum atomic E-state index is 12.1. The van der Waals surface area contributed by atoms with E-state index in [0.29, 0.717) is 13.1 Å². The molecule has 5 nitrogen and oxygen atoms in total. The summed E-state index contributed by atoms with van der Waals surface area (Å²) in [5, 5.41) is 3.14. The largest absolute Gasteiger partial charge is 0.315 e. The third-order valence-corrected chi connectivity index (χ3v) is 4.62. The molecule has 18 heavy (non-hydrogen) atoms. The first-order chi connectivity index (χ1) is 8.58. The Balaban J connectivity index is 1.96. The summed E-state index contributed by atoms with van der Waals surface area (Å²) in [5.74, 6) is 0.